The predicted molar refractivity (Wildman–Crippen MR) is 326 cm³/mol. The first-order valence-corrected chi connectivity index (χ1v) is 30.7. The zero-order valence-electron chi connectivity index (χ0n) is 49.4. The van der Waals surface area contributed by atoms with Crippen molar-refractivity contribution in [1.82, 2.24) is 39.4 Å². The second kappa shape index (κ2) is 34.6. The molecule has 2 unspecified atom stereocenters. The molecule has 7 heterocycles. The molecule has 5 atom stereocenters. The number of aldehydes is 1. The lowest BCUT2D eigenvalue weighted by atomic mass is 9.88. The highest BCUT2D eigenvalue weighted by atomic mass is 35.5. The molecule has 432 valence electrons. The van der Waals surface area contributed by atoms with E-state index in [0.29, 0.717) is 22.9 Å². The molecule has 3 aliphatic heterocycles. The van der Waals surface area contributed by atoms with Gasteiger partial charge in [0.2, 0.25) is 0 Å². The number of rotatable bonds is 9. The Morgan fingerprint density at radius 1 is 0.584 bits per heavy atom. The second-order valence-corrected chi connectivity index (χ2v) is 29.8. The number of carbonyl (C=O) groups excluding carboxylic acids is 1. The molecule has 3 fully saturated rings. The highest BCUT2D eigenvalue weighted by molar-refractivity contribution is 7.85. The highest BCUT2D eigenvalue weighted by Gasteiger charge is 2.32. The fourth-order valence-corrected chi connectivity index (χ4v) is 8.98. The van der Waals surface area contributed by atoms with Crippen molar-refractivity contribution in [3.8, 4) is 0 Å². The van der Waals surface area contributed by atoms with Crippen molar-refractivity contribution in [1.29, 1.82) is 0 Å². The van der Waals surface area contributed by atoms with Crippen molar-refractivity contribution in [3.63, 3.8) is 0 Å². The van der Waals surface area contributed by atoms with Crippen LogP contribution >= 0.6 is 11.6 Å². The van der Waals surface area contributed by atoms with E-state index in [9.17, 15) is 17.4 Å². The SMILES string of the molecule is CC(C)(C)[S@](N)=O.CN1CCC(Cl)CC1.Cc1ccc(C(N)C2CCN(C)CC2)nc1.Cc1ccc(C(N[S@](=O)C(C)(C)C)C2CCN(C)CC2)nc1.Cc1ccc(C=N[S@](=O)C(C)(C)C)nc1.Cc1ccc(C=O)nc1. The number of likely N-dealkylation sites (tertiary alicyclic amines) is 3. The molecular formula is C58H96ClN11O4S3. The topological polar surface area (TPSA) is 206 Å². The van der Waals surface area contributed by atoms with Crippen LogP contribution in [0, 0.1) is 39.5 Å². The molecule has 3 saturated heterocycles. The Kier molecular flexibility index (Phi) is 31.2. The van der Waals surface area contributed by atoms with E-state index < -0.39 is 33.0 Å². The minimum atomic E-state index is -1.21. The van der Waals surface area contributed by atoms with E-state index in [4.69, 9.17) is 22.5 Å². The summed E-state index contributed by atoms with van der Waals surface area (Å²) in [5, 5.41) is 5.49. The molecule has 0 spiro atoms. The zero-order valence-corrected chi connectivity index (χ0v) is 52.6. The maximum atomic E-state index is 12.6. The first-order valence-electron chi connectivity index (χ1n) is 26.8. The van der Waals surface area contributed by atoms with E-state index >= 15 is 0 Å². The molecule has 0 amide bonds. The highest BCUT2D eigenvalue weighted by Crippen LogP contribution is 2.31. The molecule has 77 heavy (non-hydrogen) atoms. The van der Waals surface area contributed by atoms with E-state index in [2.05, 4.69) is 96.1 Å². The Labute approximate surface area is 477 Å². The Hall–Kier alpha value is -3.56. The average Bonchev–Trinajstić information content (AvgIpc) is 3.37. The Balaban J connectivity index is 0.000000331. The van der Waals surface area contributed by atoms with E-state index in [1.54, 1.807) is 24.7 Å². The summed E-state index contributed by atoms with van der Waals surface area (Å²) in [6.45, 7) is 32.1. The molecule has 19 heteroatoms. The molecule has 7 rings (SSSR count). The summed E-state index contributed by atoms with van der Waals surface area (Å²) in [4.78, 5) is 34.1. The number of pyridine rings is 4. The van der Waals surface area contributed by atoms with Gasteiger partial charge in [0.15, 0.2) is 6.29 Å². The van der Waals surface area contributed by atoms with E-state index in [0.717, 1.165) is 91.9 Å². The van der Waals surface area contributed by atoms with Gasteiger partial charge in [-0.1, -0.05) is 24.3 Å². The van der Waals surface area contributed by atoms with Crippen LogP contribution in [0.3, 0.4) is 0 Å². The Morgan fingerprint density at radius 3 is 1.30 bits per heavy atom. The van der Waals surface area contributed by atoms with Crippen molar-refractivity contribution in [3.05, 3.63) is 118 Å². The number of piperidine rings is 3. The fraction of sp³-hybridized carbons (Fsp3) is 0.621. The number of nitrogens with two attached hydrogens (primary N) is 2. The number of halogens is 1. The van der Waals surface area contributed by atoms with Gasteiger partial charge in [-0.05, 0) is 247 Å². The molecule has 0 aliphatic carbocycles. The number of hydrogen-bond acceptors (Lipinski definition) is 12. The lowest BCUT2D eigenvalue weighted by molar-refractivity contribution is 0.111. The van der Waals surface area contributed by atoms with Crippen LogP contribution in [0.1, 0.15) is 163 Å². The summed E-state index contributed by atoms with van der Waals surface area (Å²) >= 11 is 5.86. The van der Waals surface area contributed by atoms with Crippen molar-refractivity contribution in [2.24, 2.45) is 27.1 Å². The molecule has 0 saturated carbocycles. The van der Waals surface area contributed by atoms with Gasteiger partial charge in [0.05, 0.1) is 65.6 Å². The van der Waals surface area contributed by atoms with Gasteiger partial charge in [0, 0.05) is 36.2 Å². The van der Waals surface area contributed by atoms with Gasteiger partial charge in [0.25, 0.3) is 0 Å². The molecule has 0 bridgehead atoms. The molecule has 5 N–H and O–H groups in total. The van der Waals surface area contributed by atoms with Gasteiger partial charge in [-0.2, -0.15) is 4.40 Å². The van der Waals surface area contributed by atoms with Crippen LogP contribution in [0.25, 0.3) is 0 Å². The third-order valence-corrected chi connectivity index (χ3v) is 17.4. The summed E-state index contributed by atoms with van der Waals surface area (Å²) in [5.74, 6) is 1.07. The zero-order chi connectivity index (χ0) is 58.1. The van der Waals surface area contributed by atoms with Crippen LogP contribution in [-0.4, -0.2) is 140 Å². The van der Waals surface area contributed by atoms with Crippen molar-refractivity contribution in [2.45, 2.75) is 160 Å². The molecular weight excluding hydrogens is 1050 g/mol. The number of nitrogens with zero attached hydrogens (tertiary/aromatic N) is 8. The summed E-state index contributed by atoms with van der Waals surface area (Å²) in [6.07, 6.45) is 16.5. The van der Waals surface area contributed by atoms with Crippen LogP contribution in [-0.2, 0) is 33.0 Å². The Morgan fingerprint density at radius 2 is 0.961 bits per heavy atom. The summed E-state index contributed by atoms with van der Waals surface area (Å²) in [7, 11) is 2.99. The number of aryl methyl sites for hydroxylation is 4. The first-order chi connectivity index (χ1) is 35.9. The van der Waals surface area contributed by atoms with Crippen LogP contribution in [0.4, 0.5) is 0 Å². The van der Waals surface area contributed by atoms with Crippen molar-refractivity contribution in [2.75, 3.05) is 60.4 Å². The predicted octanol–water partition coefficient (Wildman–Crippen LogP) is 9.76. The smallest absolute Gasteiger partial charge is 0.168 e. The maximum absolute atomic E-state index is 12.6. The number of hydrogen-bond donors (Lipinski definition) is 3. The number of alkyl halides is 1. The van der Waals surface area contributed by atoms with Gasteiger partial charge in [0.1, 0.15) is 16.7 Å². The summed E-state index contributed by atoms with van der Waals surface area (Å²) in [6, 6.07) is 15.9. The van der Waals surface area contributed by atoms with E-state index in [1.807, 2.05) is 114 Å². The minimum absolute atomic E-state index is 0.0642. The van der Waals surface area contributed by atoms with Gasteiger partial charge in [-0.25, -0.2) is 17.3 Å². The van der Waals surface area contributed by atoms with Crippen LogP contribution in [0.5, 0.6) is 0 Å². The van der Waals surface area contributed by atoms with Gasteiger partial charge < -0.3 is 20.4 Å². The van der Waals surface area contributed by atoms with Gasteiger partial charge >= 0.3 is 0 Å². The summed E-state index contributed by atoms with van der Waals surface area (Å²) < 4.78 is 41.0. The average molecular weight is 1140 g/mol. The van der Waals surface area contributed by atoms with Crippen LogP contribution in [0.15, 0.2) is 77.7 Å². The molecule has 15 nitrogen and oxygen atoms in total. The number of nitrogens with one attached hydrogen (secondary N) is 1. The lowest BCUT2D eigenvalue weighted by Crippen LogP contribution is -2.42. The quantitative estimate of drug-likeness (QED) is 0.0814. The lowest BCUT2D eigenvalue weighted by Gasteiger charge is -2.35. The molecule has 0 radical (unpaired) electrons. The molecule has 4 aromatic rings. The van der Waals surface area contributed by atoms with Gasteiger partial charge in [-0.3, -0.25) is 29.9 Å². The van der Waals surface area contributed by atoms with Crippen LogP contribution in [0.2, 0.25) is 0 Å². The number of carbonyl (C=O) groups is 1. The summed E-state index contributed by atoms with van der Waals surface area (Å²) in [5.41, 5.74) is 14.1. The molecule has 0 aromatic carbocycles. The Bertz CT molecular complexity index is 2360. The second-order valence-electron chi connectivity index (χ2n) is 23.4. The third-order valence-electron chi connectivity index (χ3n) is 12.9. The van der Waals surface area contributed by atoms with Crippen molar-refractivity contribution >= 4 is 57.1 Å². The van der Waals surface area contributed by atoms with Gasteiger partial charge in [-0.15, -0.1) is 11.6 Å². The minimum Gasteiger partial charge on any atom is -0.322 e. The maximum Gasteiger partial charge on any atom is 0.168 e. The third kappa shape index (κ3) is 28.9. The van der Waals surface area contributed by atoms with Crippen molar-refractivity contribution < 1.29 is 17.4 Å². The molecule has 4 aromatic heterocycles. The standard InChI is InChI=1S/C17H29N3OS.C13H21N3.C11H16N2OS.C7H7NO.C6H12ClN.C4H11NOS/c1-13-6-7-15(18-12-13)16(19-22(21)17(2,3)4)14-8-10-20(5)11-9-14;1-10-3-4-12(15-9-10)13(14)11-5-7-16(2)8-6-11;1-9-5-6-10(12-7-9)8-13-15(14)11(2,3)4;1-6-2-3-7(5-9)8-4-6;1-8-4-2-6(7)3-5-8;1-4(2,3)7(5)6/h6-7,12,14,16,19H,8-11H2,1-5H3;3-4,9,11,13H,5-8,14H2,1-2H3;5-8H,1-4H3;2-5H,1H3;6H,2-5H2,1H3;5H2,1-3H3/t16?,22-;;15-;;;7-/m1.1..1/s1. The molecule has 3 aliphatic rings. The monoisotopic (exact) mass is 1140 g/mol. The van der Waals surface area contributed by atoms with E-state index in [1.165, 1.54) is 31.5 Å². The normalized spacial score (nSPS) is 18.4. The fourth-order valence-electron chi connectivity index (χ4n) is 7.36. The van der Waals surface area contributed by atoms with Crippen LogP contribution < -0.4 is 15.6 Å². The van der Waals surface area contributed by atoms with E-state index in [-0.39, 0.29) is 26.3 Å². The first kappa shape index (κ1) is 69.5. The number of aromatic nitrogens is 4. The largest absolute Gasteiger partial charge is 0.322 e.